The summed E-state index contributed by atoms with van der Waals surface area (Å²) in [7, 11) is 0. The van der Waals surface area contributed by atoms with Gasteiger partial charge in [0.05, 0.1) is 4.47 Å². The predicted octanol–water partition coefficient (Wildman–Crippen LogP) is 4.11. The van der Waals surface area contributed by atoms with E-state index in [4.69, 9.17) is 0 Å². The molecular weight excluding hydrogens is 257 g/mol. The summed E-state index contributed by atoms with van der Waals surface area (Å²) in [5, 5.41) is 0. The van der Waals surface area contributed by atoms with Crippen molar-refractivity contribution in [2.24, 2.45) is 5.92 Å². The second-order valence-corrected chi connectivity index (χ2v) is 5.13. The number of nitrogens with zero attached hydrogens (tertiary/aromatic N) is 1. The maximum Gasteiger partial charge on any atom is 0.140 e. The zero-order valence-corrected chi connectivity index (χ0v) is 10.3. The van der Waals surface area contributed by atoms with Crippen LogP contribution in [0.3, 0.4) is 0 Å². The summed E-state index contributed by atoms with van der Waals surface area (Å²) in [5.74, 6) is 0.643. The molecule has 1 saturated carbocycles. The van der Waals surface area contributed by atoms with Crippen LogP contribution in [0.4, 0.5) is 4.39 Å². The molecule has 1 aromatic heterocycles. The van der Waals surface area contributed by atoms with E-state index in [0.717, 1.165) is 24.5 Å². The second-order valence-electron chi connectivity index (χ2n) is 4.28. The van der Waals surface area contributed by atoms with Gasteiger partial charge in [0.15, 0.2) is 0 Å². The fourth-order valence-corrected chi connectivity index (χ4v) is 2.46. The topological polar surface area (TPSA) is 12.9 Å². The molecule has 1 aliphatic carbocycles. The minimum atomic E-state index is -0.202. The molecule has 0 atom stereocenters. The first-order valence-electron chi connectivity index (χ1n) is 5.55. The molecule has 0 aromatic carbocycles. The highest BCUT2D eigenvalue weighted by Gasteiger charge is 2.15. The lowest BCUT2D eigenvalue weighted by Gasteiger charge is -2.07. The Labute approximate surface area is 98.2 Å². The molecule has 0 N–H and O–H groups in total. The van der Waals surface area contributed by atoms with Gasteiger partial charge in [-0.05, 0) is 40.8 Å². The van der Waals surface area contributed by atoms with Crippen LogP contribution in [0.15, 0.2) is 16.7 Å². The lowest BCUT2D eigenvalue weighted by molar-refractivity contribution is 0.499. The van der Waals surface area contributed by atoms with Crippen molar-refractivity contribution in [3.8, 4) is 0 Å². The van der Waals surface area contributed by atoms with E-state index >= 15 is 0 Å². The molecule has 0 aliphatic heterocycles. The van der Waals surface area contributed by atoms with E-state index in [2.05, 4.69) is 20.9 Å². The fourth-order valence-electron chi connectivity index (χ4n) is 2.24. The van der Waals surface area contributed by atoms with Crippen molar-refractivity contribution >= 4 is 15.9 Å². The van der Waals surface area contributed by atoms with Crippen LogP contribution in [0.1, 0.15) is 37.8 Å². The summed E-state index contributed by atoms with van der Waals surface area (Å²) in [6.45, 7) is 0. The van der Waals surface area contributed by atoms with Gasteiger partial charge in [0, 0.05) is 11.9 Å². The van der Waals surface area contributed by atoms with Gasteiger partial charge in [-0.2, -0.15) is 0 Å². The number of halogens is 2. The Balaban J connectivity index is 1.90. The highest BCUT2D eigenvalue weighted by Crippen LogP contribution is 2.28. The third-order valence-corrected chi connectivity index (χ3v) is 3.73. The largest absolute Gasteiger partial charge is 0.260 e. The van der Waals surface area contributed by atoms with Crippen LogP contribution in [-0.4, -0.2) is 4.98 Å². The van der Waals surface area contributed by atoms with Gasteiger partial charge in [0.2, 0.25) is 0 Å². The third kappa shape index (κ3) is 3.00. The van der Waals surface area contributed by atoms with E-state index in [-0.39, 0.29) is 5.82 Å². The quantitative estimate of drug-likeness (QED) is 0.807. The highest BCUT2D eigenvalue weighted by atomic mass is 79.9. The van der Waals surface area contributed by atoms with Gasteiger partial charge in [-0.1, -0.05) is 25.7 Å². The summed E-state index contributed by atoms with van der Waals surface area (Å²) in [4.78, 5) is 4.21. The molecule has 2 rings (SSSR count). The van der Waals surface area contributed by atoms with Crippen LogP contribution >= 0.6 is 15.9 Å². The first kappa shape index (κ1) is 11.1. The van der Waals surface area contributed by atoms with Crippen LogP contribution in [-0.2, 0) is 6.42 Å². The molecule has 0 spiro atoms. The van der Waals surface area contributed by atoms with E-state index in [1.54, 1.807) is 12.3 Å². The van der Waals surface area contributed by atoms with Gasteiger partial charge < -0.3 is 0 Å². The van der Waals surface area contributed by atoms with E-state index in [1.165, 1.54) is 25.7 Å². The van der Waals surface area contributed by atoms with E-state index in [1.807, 2.05) is 0 Å². The van der Waals surface area contributed by atoms with Crippen molar-refractivity contribution < 1.29 is 4.39 Å². The van der Waals surface area contributed by atoms with Crippen LogP contribution < -0.4 is 0 Å². The van der Waals surface area contributed by atoms with Gasteiger partial charge in [-0.15, -0.1) is 0 Å². The zero-order chi connectivity index (χ0) is 10.7. The first-order chi connectivity index (χ1) is 7.25. The molecule has 0 radical (unpaired) electrons. The van der Waals surface area contributed by atoms with E-state index < -0.39 is 0 Å². The summed E-state index contributed by atoms with van der Waals surface area (Å²) in [6, 6.07) is 1.54. The maximum atomic E-state index is 13.2. The SMILES string of the molecule is Fc1cc(CCC2CCCC2)ncc1Br. The number of hydrogen-bond donors (Lipinski definition) is 0. The zero-order valence-electron chi connectivity index (χ0n) is 8.68. The van der Waals surface area contributed by atoms with Crippen molar-refractivity contribution in [1.82, 2.24) is 4.98 Å². The molecule has 0 bridgehead atoms. The molecule has 1 aromatic rings. The van der Waals surface area contributed by atoms with Gasteiger partial charge in [0.1, 0.15) is 5.82 Å². The van der Waals surface area contributed by atoms with Crippen LogP contribution in [0.5, 0.6) is 0 Å². The molecule has 1 fully saturated rings. The van der Waals surface area contributed by atoms with Gasteiger partial charge >= 0.3 is 0 Å². The van der Waals surface area contributed by atoms with Gasteiger partial charge in [-0.3, -0.25) is 4.98 Å². The Morgan fingerprint density at radius 1 is 1.40 bits per heavy atom. The molecule has 3 heteroatoms. The maximum absolute atomic E-state index is 13.2. The molecule has 0 saturated heterocycles. The summed E-state index contributed by atoms with van der Waals surface area (Å²) in [5.41, 5.74) is 0.877. The third-order valence-electron chi connectivity index (χ3n) is 3.15. The van der Waals surface area contributed by atoms with Crippen molar-refractivity contribution in [2.75, 3.05) is 0 Å². The Morgan fingerprint density at radius 3 is 2.80 bits per heavy atom. The predicted molar refractivity (Wildman–Crippen MR) is 62.2 cm³/mol. The van der Waals surface area contributed by atoms with Crippen LogP contribution in [0, 0.1) is 11.7 Å². The molecule has 82 valence electrons. The minimum absolute atomic E-state index is 0.202. The summed E-state index contributed by atoms with van der Waals surface area (Å²) >= 11 is 3.11. The number of rotatable bonds is 3. The highest BCUT2D eigenvalue weighted by molar-refractivity contribution is 9.10. The first-order valence-corrected chi connectivity index (χ1v) is 6.35. The molecule has 0 unspecified atom stereocenters. The Hall–Kier alpha value is -0.440. The minimum Gasteiger partial charge on any atom is -0.260 e. The molecule has 0 amide bonds. The fraction of sp³-hybridized carbons (Fsp3) is 0.583. The molecule has 1 nitrogen and oxygen atoms in total. The Morgan fingerprint density at radius 2 is 2.13 bits per heavy atom. The summed E-state index contributed by atoms with van der Waals surface area (Å²) < 4.78 is 13.6. The molecule has 1 heterocycles. The number of pyridine rings is 1. The Bertz CT molecular complexity index is 334. The van der Waals surface area contributed by atoms with Gasteiger partial charge in [-0.25, -0.2) is 4.39 Å². The smallest absolute Gasteiger partial charge is 0.140 e. The van der Waals surface area contributed by atoms with Gasteiger partial charge in [0.25, 0.3) is 0 Å². The van der Waals surface area contributed by atoms with Crippen LogP contribution in [0.25, 0.3) is 0 Å². The van der Waals surface area contributed by atoms with Crippen molar-refractivity contribution in [1.29, 1.82) is 0 Å². The normalized spacial score (nSPS) is 17.2. The number of hydrogen-bond acceptors (Lipinski definition) is 1. The lowest BCUT2D eigenvalue weighted by Crippen LogP contribution is -1.98. The summed E-state index contributed by atoms with van der Waals surface area (Å²) in [6.07, 6.45) is 9.06. The number of aromatic nitrogens is 1. The van der Waals surface area contributed by atoms with E-state index in [9.17, 15) is 4.39 Å². The lowest BCUT2D eigenvalue weighted by atomic mass is 10.0. The second kappa shape index (κ2) is 5.06. The molecule has 1 aliphatic rings. The monoisotopic (exact) mass is 271 g/mol. The average molecular weight is 272 g/mol. The van der Waals surface area contributed by atoms with Crippen molar-refractivity contribution in [3.05, 3.63) is 28.2 Å². The molecular formula is C12H15BrFN. The van der Waals surface area contributed by atoms with E-state index in [0.29, 0.717) is 4.47 Å². The van der Waals surface area contributed by atoms with Crippen LogP contribution in [0.2, 0.25) is 0 Å². The van der Waals surface area contributed by atoms with Crippen molar-refractivity contribution in [2.45, 2.75) is 38.5 Å². The Kier molecular flexibility index (Phi) is 3.73. The van der Waals surface area contributed by atoms with Crippen molar-refractivity contribution in [3.63, 3.8) is 0 Å². The standard InChI is InChI=1S/C12H15BrFN/c13-11-8-15-10(7-12(11)14)6-5-9-3-1-2-4-9/h7-9H,1-6H2. The molecule has 15 heavy (non-hydrogen) atoms. The average Bonchev–Trinajstić information content (AvgIpc) is 2.73. The number of aryl methyl sites for hydroxylation is 1.